The molecule has 0 radical (unpaired) electrons. The molecule has 2 rings (SSSR count). The number of rotatable bonds is 5. The first-order valence-corrected chi connectivity index (χ1v) is 6.52. The Morgan fingerprint density at radius 2 is 2.38 bits per heavy atom. The first kappa shape index (κ1) is 11.6. The lowest BCUT2D eigenvalue weighted by atomic mass is 9.93. The van der Waals surface area contributed by atoms with Crippen LogP contribution in [0.1, 0.15) is 56.2 Å². The van der Waals surface area contributed by atoms with Gasteiger partial charge in [-0.25, -0.2) is 0 Å². The minimum Gasteiger partial charge on any atom is -0.327 e. The van der Waals surface area contributed by atoms with Crippen molar-refractivity contribution in [1.29, 1.82) is 0 Å². The second kappa shape index (κ2) is 5.44. The second-order valence-corrected chi connectivity index (χ2v) is 4.85. The molecular weight excluding hydrogens is 196 g/mol. The van der Waals surface area contributed by atoms with Gasteiger partial charge >= 0.3 is 0 Å². The summed E-state index contributed by atoms with van der Waals surface area (Å²) in [6, 6.07) is 4.54. The van der Waals surface area contributed by atoms with Crippen LogP contribution in [0.2, 0.25) is 0 Å². The summed E-state index contributed by atoms with van der Waals surface area (Å²) in [6.45, 7) is 2.23. The molecule has 0 bridgehead atoms. The molecule has 2 heteroatoms. The zero-order chi connectivity index (χ0) is 11.4. The van der Waals surface area contributed by atoms with Crippen LogP contribution in [0.25, 0.3) is 0 Å². The van der Waals surface area contributed by atoms with Gasteiger partial charge in [-0.3, -0.25) is 4.98 Å². The Morgan fingerprint density at radius 1 is 1.50 bits per heavy atom. The average molecular weight is 218 g/mol. The number of hydrogen-bond donors (Lipinski definition) is 1. The van der Waals surface area contributed by atoms with Crippen molar-refractivity contribution in [1.82, 2.24) is 4.98 Å². The van der Waals surface area contributed by atoms with E-state index in [2.05, 4.69) is 18.0 Å². The van der Waals surface area contributed by atoms with Crippen LogP contribution in [-0.4, -0.2) is 11.0 Å². The van der Waals surface area contributed by atoms with E-state index in [4.69, 9.17) is 5.73 Å². The summed E-state index contributed by atoms with van der Waals surface area (Å²) < 4.78 is 0. The molecule has 2 unspecified atom stereocenters. The molecule has 0 aromatic carbocycles. The monoisotopic (exact) mass is 218 g/mol. The van der Waals surface area contributed by atoms with Gasteiger partial charge in [-0.2, -0.15) is 0 Å². The van der Waals surface area contributed by atoms with Gasteiger partial charge in [0.05, 0.1) is 0 Å². The molecule has 1 aromatic heterocycles. The highest BCUT2D eigenvalue weighted by molar-refractivity contribution is 5.29. The van der Waals surface area contributed by atoms with Gasteiger partial charge in [0.25, 0.3) is 0 Å². The molecule has 0 amide bonds. The maximum Gasteiger partial charge on any atom is 0.0482 e. The van der Waals surface area contributed by atoms with Crippen molar-refractivity contribution in [3.05, 3.63) is 29.6 Å². The van der Waals surface area contributed by atoms with Gasteiger partial charge in [0.2, 0.25) is 0 Å². The molecule has 1 aliphatic rings. The number of nitrogens with zero attached hydrogens (tertiary/aromatic N) is 1. The van der Waals surface area contributed by atoms with E-state index in [0.717, 1.165) is 12.8 Å². The molecule has 1 heterocycles. The Bertz CT molecular complexity index is 335. The number of pyridine rings is 1. The van der Waals surface area contributed by atoms with Crippen LogP contribution in [0.15, 0.2) is 18.3 Å². The third kappa shape index (κ3) is 2.43. The molecule has 0 spiro atoms. The van der Waals surface area contributed by atoms with Crippen LogP contribution in [0.3, 0.4) is 0 Å². The van der Waals surface area contributed by atoms with Crippen molar-refractivity contribution < 1.29 is 0 Å². The van der Waals surface area contributed by atoms with Gasteiger partial charge in [0.15, 0.2) is 0 Å². The van der Waals surface area contributed by atoms with E-state index in [0.29, 0.717) is 12.0 Å². The predicted octanol–water partition coefficient (Wildman–Crippen LogP) is 3.02. The Kier molecular flexibility index (Phi) is 3.94. The average Bonchev–Trinajstić information content (AvgIpc) is 2.73. The van der Waals surface area contributed by atoms with Crippen molar-refractivity contribution in [3.63, 3.8) is 0 Å². The van der Waals surface area contributed by atoms with E-state index in [1.165, 1.54) is 36.9 Å². The van der Waals surface area contributed by atoms with Gasteiger partial charge < -0.3 is 5.73 Å². The van der Waals surface area contributed by atoms with Crippen molar-refractivity contribution in [2.45, 2.75) is 57.4 Å². The first-order chi connectivity index (χ1) is 7.83. The highest BCUT2D eigenvalue weighted by Crippen LogP contribution is 2.34. The number of aromatic nitrogens is 1. The Labute approximate surface area is 98.3 Å². The number of aryl methyl sites for hydroxylation is 1. The number of hydrogen-bond acceptors (Lipinski definition) is 2. The van der Waals surface area contributed by atoms with Gasteiger partial charge in [0, 0.05) is 23.9 Å². The molecular formula is C14H22N2. The summed E-state index contributed by atoms with van der Waals surface area (Å²) in [7, 11) is 0. The number of unbranched alkanes of at least 4 members (excludes halogenated alkanes) is 2. The lowest BCUT2D eigenvalue weighted by Gasteiger charge is -2.19. The lowest BCUT2D eigenvalue weighted by Crippen LogP contribution is -2.27. The maximum absolute atomic E-state index is 6.29. The van der Waals surface area contributed by atoms with Gasteiger partial charge in [-0.1, -0.05) is 32.3 Å². The minimum atomic E-state index is 0.308. The molecule has 2 N–H and O–H groups in total. The second-order valence-electron chi connectivity index (χ2n) is 4.85. The number of fused-ring (bicyclic) bond motifs is 1. The van der Waals surface area contributed by atoms with Crippen LogP contribution < -0.4 is 5.73 Å². The predicted molar refractivity (Wildman–Crippen MR) is 67.4 cm³/mol. The summed E-state index contributed by atoms with van der Waals surface area (Å²) in [4.78, 5) is 4.51. The highest BCUT2D eigenvalue weighted by Gasteiger charge is 2.28. The van der Waals surface area contributed by atoms with E-state index in [-0.39, 0.29) is 0 Å². The summed E-state index contributed by atoms with van der Waals surface area (Å²) in [5.74, 6) is 0.507. The highest BCUT2D eigenvalue weighted by atomic mass is 14.7. The molecule has 16 heavy (non-hydrogen) atoms. The smallest absolute Gasteiger partial charge is 0.0482 e. The molecule has 2 nitrogen and oxygen atoms in total. The van der Waals surface area contributed by atoms with E-state index in [9.17, 15) is 0 Å². The van der Waals surface area contributed by atoms with Crippen molar-refractivity contribution in [2.24, 2.45) is 5.73 Å². The fourth-order valence-electron chi connectivity index (χ4n) is 2.69. The lowest BCUT2D eigenvalue weighted by molar-refractivity contribution is 0.468. The van der Waals surface area contributed by atoms with E-state index < -0.39 is 0 Å². The maximum atomic E-state index is 6.29. The Morgan fingerprint density at radius 3 is 3.19 bits per heavy atom. The summed E-state index contributed by atoms with van der Waals surface area (Å²) in [5, 5.41) is 0. The van der Waals surface area contributed by atoms with Crippen LogP contribution in [-0.2, 0) is 6.42 Å². The van der Waals surface area contributed by atoms with Crippen LogP contribution in [0.5, 0.6) is 0 Å². The van der Waals surface area contributed by atoms with Crippen molar-refractivity contribution >= 4 is 0 Å². The third-order valence-corrected chi connectivity index (χ3v) is 3.66. The Balaban J connectivity index is 1.96. The molecule has 1 aliphatic carbocycles. The molecule has 0 aliphatic heterocycles. The SMILES string of the molecule is CCCCCC(N)C1CCc2cccnc21. The number of nitrogens with two attached hydrogens (primary N) is 1. The fraction of sp³-hybridized carbons (Fsp3) is 0.643. The first-order valence-electron chi connectivity index (χ1n) is 6.52. The van der Waals surface area contributed by atoms with Crippen LogP contribution in [0.4, 0.5) is 0 Å². The summed E-state index contributed by atoms with van der Waals surface area (Å²) in [5.41, 5.74) is 8.98. The summed E-state index contributed by atoms with van der Waals surface area (Å²) in [6.07, 6.45) is 9.23. The zero-order valence-corrected chi connectivity index (χ0v) is 10.2. The quantitative estimate of drug-likeness (QED) is 0.772. The molecule has 0 saturated carbocycles. The van der Waals surface area contributed by atoms with Crippen LogP contribution in [0, 0.1) is 0 Å². The third-order valence-electron chi connectivity index (χ3n) is 3.66. The molecule has 2 atom stereocenters. The molecule has 0 saturated heterocycles. The summed E-state index contributed by atoms with van der Waals surface area (Å²) >= 11 is 0. The van der Waals surface area contributed by atoms with Crippen molar-refractivity contribution in [3.8, 4) is 0 Å². The fourth-order valence-corrected chi connectivity index (χ4v) is 2.69. The van der Waals surface area contributed by atoms with E-state index in [1.807, 2.05) is 12.3 Å². The van der Waals surface area contributed by atoms with E-state index in [1.54, 1.807) is 0 Å². The van der Waals surface area contributed by atoms with Crippen molar-refractivity contribution in [2.75, 3.05) is 0 Å². The molecule has 88 valence electrons. The standard InChI is InChI=1S/C14H22N2/c1-2-3-4-7-13(15)12-9-8-11-6-5-10-16-14(11)12/h5-6,10,12-13H,2-4,7-9,15H2,1H3. The van der Waals surface area contributed by atoms with Gasteiger partial charge in [-0.05, 0) is 30.9 Å². The Hall–Kier alpha value is -0.890. The largest absolute Gasteiger partial charge is 0.327 e. The zero-order valence-electron chi connectivity index (χ0n) is 10.2. The van der Waals surface area contributed by atoms with Gasteiger partial charge in [-0.15, -0.1) is 0 Å². The van der Waals surface area contributed by atoms with Gasteiger partial charge in [0.1, 0.15) is 0 Å². The van der Waals surface area contributed by atoms with Crippen LogP contribution >= 0.6 is 0 Å². The van der Waals surface area contributed by atoms with E-state index >= 15 is 0 Å². The minimum absolute atomic E-state index is 0.308. The topological polar surface area (TPSA) is 38.9 Å². The molecule has 1 aromatic rings. The normalized spacial score (nSPS) is 20.8. The molecule has 0 fully saturated rings.